The predicted octanol–water partition coefficient (Wildman–Crippen LogP) is 4.36. The van der Waals surface area contributed by atoms with Crippen molar-refractivity contribution in [3.05, 3.63) is 59.2 Å². The zero-order valence-electron chi connectivity index (χ0n) is 15.6. The standard InChI is InChI=1S/C18H19NO4.C2H6/c1-12-8-10-13(11-9-12)19(2)15-7-5-6-14(17(20)22-3)16(15)18(21)23-4;1-2/h5-11H,1-4H3;1-2H3. The number of carbonyl (C=O) groups is 2. The number of ether oxygens (including phenoxy) is 2. The molecule has 0 N–H and O–H groups in total. The molecule has 2 aromatic rings. The first-order chi connectivity index (χ1) is 12.0. The summed E-state index contributed by atoms with van der Waals surface area (Å²) in [4.78, 5) is 26.0. The average Bonchev–Trinajstić information content (AvgIpc) is 2.67. The fraction of sp³-hybridized carbons (Fsp3) is 0.300. The van der Waals surface area contributed by atoms with Gasteiger partial charge in [0.2, 0.25) is 0 Å². The summed E-state index contributed by atoms with van der Waals surface area (Å²) < 4.78 is 9.61. The fourth-order valence-corrected chi connectivity index (χ4v) is 2.32. The Morgan fingerprint density at radius 1 is 0.880 bits per heavy atom. The van der Waals surface area contributed by atoms with Gasteiger partial charge < -0.3 is 14.4 Å². The first-order valence-corrected chi connectivity index (χ1v) is 8.09. The van der Waals surface area contributed by atoms with Crippen molar-refractivity contribution >= 4 is 23.3 Å². The zero-order valence-corrected chi connectivity index (χ0v) is 15.6. The molecule has 2 aromatic carbocycles. The van der Waals surface area contributed by atoms with Crippen LogP contribution in [0.5, 0.6) is 0 Å². The summed E-state index contributed by atoms with van der Waals surface area (Å²) >= 11 is 0. The van der Waals surface area contributed by atoms with Gasteiger partial charge in [-0.3, -0.25) is 0 Å². The van der Waals surface area contributed by atoms with Gasteiger partial charge in [-0.1, -0.05) is 37.6 Å². The summed E-state index contributed by atoms with van der Waals surface area (Å²) in [5.41, 5.74) is 2.96. The number of hydrogen-bond acceptors (Lipinski definition) is 5. The van der Waals surface area contributed by atoms with Gasteiger partial charge in [-0.25, -0.2) is 9.59 Å². The largest absolute Gasteiger partial charge is 0.465 e. The van der Waals surface area contributed by atoms with E-state index < -0.39 is 11.9 Å². The van der Waals surface area contributed by atoms with Crippen molar-refractivity contribution < 1.29 is 19.1 Å². The third kappa shape index (κ3) is 4.59. The van der Waals surface area contributed by atoms with Crippen LogP contribution >= 0.6 is 0 Å². The van der Waals surface area contributed by atoms with Crippen molar-refractivity contribution in [3.8, 4) is 0 Å². The zero-order chi connectivity index (χ0) is 19.0. The van der Waals surface area contributed by atoms with Crippen LogP contribution in [0, 0.1) is 6.92 Å². The molecule has 0 atom stereocenters. The van der Waals surface area contributed by atoms with E-state index in [0.717, 1.165) is 11.3 Å². The summed E-state index contributed by atoms with van der Waals surface area (Å²) in [5.74, 6) is -1.16. The number of hydrogen-bond donors (Lipinski definition) is 0. The maximum absolute atomic E-state index is 12.2. The van der Waals surface area contributed by atoms with Gasteiger partial charge in [0.05, 0.1) is 31.0 Å². The molecule has 0 radical (unpaired) electrons. The smallest absolute Gasteiger partial charge is 0.340 e. The number of benzene rings is 2. The number of rotatable bonds is 4. The molecule has 0 aromatic heterocycles. The first-order valence-electron chi connectivity index (χ1n) is 8.09. The van der Waals surface area contributed by atoms with E-state index in [9.17, 15) is 9.59 Å². The van der Waals surface area contributed by atoms with E-state index in [-0.39, 0.29) is 11.1 Å². The van der Waals surface area contributed by atoms with Crippen LogP contribution in [0.3, 0.4) is 0 Å². The molecule has 2 rings (SSSR count). The normalized spacial score (nSPS) is 9.52. The molecule has 134 valence electrons. The van der Waals surface area contributed by atoms with Crippen molar-refractivity contribution in [2.24, 2.45) is 0 Å². The molecule has 0 aliphatic carbocycles. The Kier molecular flexibility index (Phi) is 7.66. The van der Waals surface area contributed by atoms with Crippen LogP contribution in [-0.2, 0) is 9.47 Å². The van der Waals surface area contributed by atoms with E-state index in [0.29, 0.717) is 5.69 Å². The van der Waals surface area contributed by atoms with Crippen LogP contribution in [0.2, 0.25) is 0 Å². The topological polar surface area (TPSA) is 55.8 Å². The average molecular weight is 343 g/mol. The second-order valence-electron chi connectivity index (χ2n) is 5.08. The lowest BCUT2D eigenvalue weighted by Crippen LogP contribution is -2.19. The Labute approximate surface area is 149 Å². The second kappa shape index (κ2) is 9.47. The predicted molar refractivity (Wildman–Crippen MR) is 99.7 cm³/mol. The second-order valence-corrected chi connectivity index (χ2v) is 5.08. The van der Waals surface area contributed by atoms with E-state index in [4.69, 9.17) is 9.47 Å². The minimum Gasteiger partial charge on any atom is -0.465 e. The highest BCUT2D eigenvalue weighted by molar-refractivity contribution is 6.07. The Morgan fingerprint density at radius 3 is 1.96 bits per heavy atom. The minimum absolute atomic E-state index is 0.177. The van der Waals surface area contributed by atoms with Crippen LogP contribution < -0.4 is 4.90 Å². The Hall–Kier alpha value is -2.82. The van der Waals surface area contributed by atoms with Crippen molar-refractivity contribution in [1.29, 1.82) is 0 Å². The number of anilines is 2. The number of esters is 2. The van der Waals surface area contributed by atoms with Gasteiger partial charge in [-0.2, -0.15) is 0 Å². The maximum Gasteiger partial charge on any atom is 0.340 e. The Bertz CT molecular complexity index is 723. The van der Waals surface area contributed by atoms with E-state index in [2.05, 4.69) is 0 Å². The molecule has 0 spiro atoms. The molecule has 0 amide bonds. The van der Waals surface area contributed by atoms with Gasteiger partial charge in [0.15, 0.2) is 0 Å². The molecule has 0 saturated heterocycles. The van der Waals surface area contributed by atoms with Gasteiger partial charge in [0.25, 0.3) is 0 Å². The third-order valence-electron chi connectivity index (χ3n) is 3.62. The molecule has 25 heavy (non-hydrogen) atoms. The molecule has 5 nitrogen and oxygen atoms in total. The van der Waals surface area contributed by atoms with Gasteiger partial charge in [0.1, 0.15) is 0 Å². The number of carbonyl (C=O) groups excluding carboxylic acids is 2. The van der Waals surface area contributed by atoms with Gasteiger partial charge in [-0.15, -0.1) is 0 Å². The molecule has 0 fully saturated rings. The maximum atomic E-state index is 12.2. The van der Waals surface area contributed by atoms with E-state index in [1.165, 1.54) is 14.2 Å². The van der Waals surface area contributed by atoms with Crippen LogP contribution in [0.25, 0.3) is 0 Å². The monoisotopic (exact) mass is 343 g/mol. The molecule has 0 aliphatic rings. The lowest BCUT2D eigenvalue weighted by molar-refractivity contribution is 0.0556. The van der Waals surface area contributed by atoms with Crippen molar-refractivity contribution in [2.75, 3.05) is 26.2 Å². The van der Waals surface area contributed by atoms with Crippen LogP contribution in [0.15, 0.2) is 42.5 Å². The third-order valence-corrected chi connectivity index (χ3v) is 3.62. The van der Waals surface area contributed by atoms with E-state index in [1.807, 2.05) is 57.0 Å². The molecule has 0 heterocycles. The molecular formula is C20H25NO4. The van der Waals surface area contributed by atoms with Crippen LogP contribution in [-0.4, -0.2) is 33.2 Å². The number of aryl methyl sites for hydroxylation is 1. The first kappa shape index (κ1) is 20.2. The highest BCUT2D eigenvalue weighted by Gasteiger charge is 2.24. The van der Waals surface area contributed by atoms with Crippen molar-refractivity contribution in [2.45, 2.75) is 20.8 Å². The highest BCUT2D eigenvalue weighted by atomic mass is 16.5. The van der Waals surface area contributed by atoms with Crippen LogP contribution in [0.4, 0.5) is 11.4 Å². The highest BCUT2D eigenvalue weighted by Crippen LogP contribution is 2.30. The fourth-order valence-electron chi connectivity index (χ4n) is 2.32. The van der Waals surface area contributed by atoms with Crippen LogP contribution in [0.1, 0.15) is 40.1 Å². The van der Waals surface area contributed by atoms with Crippen molar-refractivity contribution in [3.63, 3.8) is 0 Å². The molecule has 5 heteroatoms. The SMILES string of the molecule is CC.COC(=O)c1cccc(N(C)c2ccc(C)cc2)c1C(=O)OC. The van der Waals surface area contributed by atoms with E-state index >= 15 is 0 Å². The van der Waals surface area contributed by atoms with E-state index in [1.54, 1.807) is 18.2 Å². The summed E-state index contributed by atoms with van der Waals surface area (Å²) in [6, 6.07) is 12.9. The molecular weight excluding hydrogens is 318 g/mol. The number of nitrogens with zero attached hydrogens (tertiary/aromatic N) is 1. The van der Waals surface area contributed by atoms with Gasteiger partial charge >= 0.3 is 11.9 Å². The lowest BCUT2D eigenvalue weighted by Gasteiger charge is -2.23. The van der Waals surface area contributed by atoms with Gasteiger partial charge in [0, 0.05) is 12.7 Å². The summed E-state index contributed by atoms with van der Waals surface area (Å²) in [7, 11) is 4.39. The quantitative estimate of drug-likeness (QED) is 0.772. The summed E-state index contributed by atoms with van der Waals surface area (Å²) in [6.07, 6.45) is 0. The Balaban J connectivity index is 0.00000151. The lowest BCUT2D eigenvalue weighted by atomic mass is 10.0. The van der Waals surface area contributed by atoms with Gasteiger partial charge in [-0.05, 0) is 31.2 Å². The number of methoxy groups -OCH3 is 2. The summed E-state index contributed by atoms with van der Waals surface area (Å²) in [6.45, 7) is 6.00. The molecule has 0 unspecified atom stereocenters. The molecule has 0 aliphatic heterocycles. The Morgan fingerprint density at radius 2 is 1.44 bits per heavy atom. The van der Waals surface area contributed by atoms with Crippen molar-refractivity contribution in [1.82, 2.24) is 0 Å². The summed E-state index contributed by atoms with van der Waals surface area (Å²) in [5, 5.41) is 0. The molecule has 0 saturated carbocycles. The minimum atomic E-state index is -0.583. The molecule has 0 bridgehead atoms.